The Balaban J connectivity index is 0.000000221. The lowest BCUT2D eigenvalue weighted by atomic mass is 9.99. The lowest BCUT2D eigenvalue weighted by Gasteiger charge is -2.10. The molecule has 0 saturated heterocycles. The van der Waals surface area contributed by atoms with Gasteiger partial charge in [-0.05, 0) is 99.1 Å². The molecule has 1 aromatic carbocycles. The van der Waals surface area contributed by atoms with Crippen LogP contribution in [0.4, 0.5) is 5.69 Å². The van der Waals surface area contributed by atoms with E-state index >= 15 is 0 Å². The molecule has 1 aliphatic rings. The van der Waals surface area contributed by atoms with E-state index in [1.54, 1.807) is 36.8 Å². The van der Waals surface area contributed by atoms with E-state index in [1.807, 2.05) is 39.3 Å². The number of pyridine rings is 3. The maximum atomic E-state index is 10.9. The van der Waals surface area contributed by atoms with Crippen LogP contribution in [0.2, 0.25) is 0 Å². The number of benzene rings is 1. The summed E-state index contributed by atoms with van der Waals surface area (Å²) in [6.07, 6.45) is 8.23. The van der Waals surface area contributed by atoms with E-state index in [4.69, 9.17) is 5.26 Å². The molecule has 0 atom stereocenters. The Hall–Kier alpha value is -4.74. The van der Waals surface area contributed by atoms with Crippen LogP contribution in [-0.2, 0) is 5.41 Å². The van der Waals surface area contributed by atoms with Crippen molar-refractivity contribution in [2.24, 2.45) is 0 Å². The summed E-state index contributed by atoms with van der Waals surface area (Å²) in [5, 5.41) is 14.8. The average Bonchev–Trinajstić information content (AvgIpc) is 3.80. The van der Waals surface area contributed by atoms with Crippen molar-refractivity contribution in [3.8, 4) is 28.5 Å². The van der Waals surface area contributed by atoms with Gasteiger partial charge in [0.15, 0.2) is 6.29 Å². The fraction of sp³-hybridized carbons (Fsp3) is 0.226. The molecule has 198 valence electrons. The number of carbonyl (C=O) groups is 2. The van der Waals surface area contributed by atoms with Crippen LogP contribution in [0.15, 0.2) is 73.2 Å². The van der Waals surface area contributed by atoms with Crippen molar-refractivity contribution in [3.05, 3.63) is 95.7 Å². The van der Waals surface area contributed by atoms with Gasteiger partial charge in [-0.15, -0.1) is 0 Å². The summed E-state index contributed by atoms with van der Waals surface area (Å²) in [4.78, 5) is 33.9. The van der Waals surface area contributed by atoms with E-state index in [9.17, 15) is 9.59 Å². The number of nitrogens with zero attached hydrogens (tertiary/aromatic N) is 4. The predicted octanol–water partition coefficient (Wildman–Crippen LogP) is 5.26. The van der Waals surface area contributed by atoms with Gasteiger partial charge in [-0.25, -0.2) is 0 Å². The minimum atomic E-state index is -0.390. The molecule has 4 aromatic rings. The number of carbonyl (C=O) groups excluding carboxylic acids is 2. The van der Waals surface area contributed by atoms with Crippen LogP contribution in [-0.4, -0.2) is 48.7 Å². The van der Waals surface area contributed by atoms with Gasteiger partial charge in [-0.1, -0.05) is 6.07 Å². The number of aryl methyl sites for hydroxylation is 1. The molecule has 5 rings (SSSR count). The van der Waals surface area contributed by atoms with E-state index in [1.165, 1.54) is 5.56 Å². The van der Waals surface area contributed by atoms with Gasteiger partial charge in [0.1, 0.15) is 12.0 Å². The summed E-state index contributed by atoms with van der Waals surface area (Å²) in [7, 11) is 5.66. The maximum absolute atomic E-state index is 10.9. The summed E-state index contributed by atoms with van der Waals surface area (Å²) in [5.74, 6) is 0. The summed E-state index contributed by atoms with van der Waals surface area (Å²) < 4.78 is 0. The molecule has 1 fully saturated rings. The van der Waals surface area contributed by atoms with Crippen LogP contribution in [0, 0.1) is 18.3 Å². The van der Waals surface area contributed by atoms with Gasteiger partial charge in [0.2, 0.25) is 0 Å². The van der Waals surface area contributed by atoms with Crippen molar-refractivity contribution < 1.29 is 9.59 Å². The van der Waals surface area contributed by atoms with Gasteiger partial charge in [0.05, 0.1) is 22.9 Å². The van der Waals surface area contributed by atoms with E-state index in [0.717, 1.165) is 59.2 Å². The van der Waals surface area contributed by atoms with Crippen molar-refractivity contribution in [1.82, 2.24) is 20.3 Å². The van der Waals surface area contributed by atoms with Gasteiger partial charge in [0.25, 0.3) is 0 Å². The maximum Gasteiger partial charge on any atom is 0.168 e. The standard InChI is InChI=1S/C19H17N3O.C10H8N2O.C2H7N/c1-13-3-4-16(20-2)11-18(13)14-5-8-22-19(10-14)15-6-7-21-17(9-15)12-23;11-7-10(2-3-10)9-5-8(6-13)1-4-12-9;1-3-2/h3-12,20H,1-2H3;1,4-6H,2-3H2;3H,1-2H3. The average molecular weight is 521 g/mol. The molecular formula is C31H32N6O2. The lowest BCUT2D eigenvalue weighted by Crippen LogP contribution is -2.05. The monoisotopic (exact) mass is 520 g/mol. The van der Waals surface area contributed by atoms with Crippen molar-refractivity contribution in [1.29, 1.82) is 5.26 Å². The van der Waals surface area contributed by atoms with E-state index in [0.29, 0.717) is 11.3 Å². The molecule has 0 radical (unpaired) electrons. The fourth-order valence-electron chi connectivity index (χ4n) is 3.85. The Kier molecular flexibility index (Phi) is 10.1. The summed E-state index contributed by atoms with van der Waals surface area (Å²) in [6.45, 7) is 2.09. The molecule has 3 heterocycles. The number of anilines is 1. The van der Waals surface area contributed by atoms with Crippen LogP contribution in [0.5, 0.6) is 0 Å². The number of hydrogen-bond acceptors (Lipinski definition) is 8. The SMILES string of the molecule is CNC.CNc1ccc(C)c(-c2ccnc(-c3ccnc(C=O)c3)c2)c1.N#CC1(c2cc(C=O)ccn2)CC1. The quantitative estimate of drug-likeness (QED) is 0.330. The number of nitriles is 1. The highest BCUT2D eigenvalue weighted by Crippen LogP contribution is 2.46. The first-order valence-corrected chi connectivity index (χ1v) is 12.5. The minimum Gasteiger partial charge on any atom is -0.388 e. The molecule has 0 bridgehead atoms. The number of rotatable bonds is 6. The number of nitrogens with one attached hydrogen (secondary N) is 2. The third-order valence-electron chi connectivity index (χ3n) is 6.17. The second kappa shape index (κ2) is 13.7. The molecule has 8 heteroatoms. The number of aromatic nitrogens is 3. The van der Waals surface area contributed by atoms with Gasteiger partial charge >= 0.3 is 0 Å². The Morgan fingerprint density at radius 2 is 1.54 bits per heavy atom. The van der Waals surface area contributed by atoms with Crippen LogP contribution >= 0.6 is 0 Å². The second-order valence-electron chi connectivity index (χ2n) is 9.08. The minimum absolute atomic E-state index is 0.390. The lowest BCUT2D eigenvalue weighted by molar-refractivity contribution is 0.111. The summed E-state index contributed by atoms with van der Waals surface area (Å²) >= 11 is 0. The summed E-state index contributed by atoms with van der Waals surface area (Å²) in [6, 6.07) is 19.5. The zero-order valence-corrected chi connectivity index (χ0v) is 22.6. The van der Waals surface area contributed by atoms with Crippen LogP contribution in [0.1, 0.15) is 44.9 Å². The van der Waals surface area contributed by atoms with Gasteiger partial charge in [-0.3, -0.25) is 24.5 Å². The smallest absolute Gasteiger partial charge is 0.168 e. The first kappa shape index (κ1) is 28.8. The van der Waals surface area contributed by atoms with E-state index in [2.05, 4.69) is 56.8 Å². The normalized spacial score (nSPS) is 12.4. The third-order valence-corrected chi connectivity index (χ3v) is 6.17. The Morgan fingerprint density at radius 1 is 0.846 bits per heavy atom. The number of hydrogen-bond donors (Lipinski definition) is 2. The van der Waals surface area contributed by atoms with Gasteiger partial charge in [-0.2, -0.15) is 5.26 Å². The largest absolute Gasteiger partial charge is 0.388 e. The number of aldehydes is 2. The van der Waals surface area contributed by atoms with Gasteiger partial charge in [0, 0.05) is 42.5 Å². The molecule has 0 aliphatic heterocycles. The molecule has 0 unspecified atom stereocenters. The van der Waals surface area contributed by atoms with Crippen LogP contribution in [0.3, 0.4) is 0 Å². The first-order chi connectivity index (χ1) is 18.9. The zero-order chi connectivity index (χ0) is 28.3. The molecule has 0 amide bonds. The second-order valence-corrected chi connectivity index (χ2v) is 9.08. The van der Waals surface area contributed by atoms with Crippen molar-refractivity contribution in [3.63, 3.8) is 0 Å². The Labute approximate surface area is 229 Å². The highest BCUT2D eigenvalue weighted by molar-refractivity contribution is 5.78. The van der Waals surface area contributed by atoms with E-state index in [-0.39, 0.29) is 5.41 Å². The van der Waals surface area contributed by atoms with E-state index < -0.39 is 0 Å². The molecular weight excluding hydrogens is 488 g/mol. The Morgan fingerprint density at radius 3 is 2.18 bits per heavy atom. The molecule has 0 spiro atoms. The van der Waals surface area contributed by atoms with Crippen LogP contribution < -0.4 is 10.6 Å². The molecule has 1 aliphatic carbocycles. The molecule has 39 heavy (non-hydrogen) atoms. The zero-order valence-electron chi connectivity index (χ0n) is 22.6. The molecule has 8 nitrogen and oxygen atoms in total. The molecule has 1 saturated carbocycles. The predicted molar refractivity (Wildman–Crippen MR) is 154 cm³/mol. The summed E-state index contributed by atoms with van der Waals surface area (Å²) in [5.41, 5.74) is 7.56. The fourth-order valence-corrected chi connectivity index (χ4v) is 3.85. The highest BCUT2D eigenvalue weighted by atomic mass is 16.1. The topological polar surface area (TPSA) is 121 Å². The van der Waals surface area contributed by atoms with Crippen LogP contribution in [0.25, 0.3) is 22.4 Å². The van der Waals surface area contributed by atoms with Crippen molar-refractivity contribution >= 4 is 18.3 Å². The first-order valence-electron chi connectivity index (χ1n) is 12.5. The van der Waals surface area contributed by atoms with Crippen molar-refractivity contribution in [2.45, 2.75) is 25.2 Å². The Bertz CT molecular complexity index is 1470. The third kappa shape index (κ3) is 7.40. The molecule has 3 aromatic heterocycles. The highest BCUT2D eigenvalue weighted by Gasteiger charge is 2.46. The van der Waals surface area contributed by atoms with Crippen molar-refractivity contribution in [2.75, 3.05) is 26.5 Å². The molecule has 2 N–H and O–H groups in total. The van der Waals surface area contributed by atoms with Gasteiger partial charge < -0.3 is 10.6 Å².